The summed E-state index contributed by atoms with van der Waals surface area (Å²) in [4.78, 5) is 2.55. The number of rotatable bonds is 4. The molecule has 1 heterocycles. The number of nitrogens with zero attached hydrogens (tertiary/aromatic N) is 1. The van der Waals surface area contributed by atoms with Gasteiger partial charge in [-0.05, 0) is 38.1 Å². The van der Waals surface area contributed by atoms with Gasteiger partial charge in [-0.25, -0.2) is 8.42 Å². The molecule has 6 heteroatoms. The normalized spacial score (nSPS) is 24.8. The van der Waals surface area contributed by atoms with Crippen LogP contribution in [0.15, 0.2) is 29.2 Å². The van der Waals surface area contributed by atoms with Gasteiger partial charge in [-0.3, -0.25) is 4.90 Å². The maximum Gasteiger partial charge on any atom is 0.179 e. The Balaban J connectivity index is 1.97. The van der Waals surface area contributed by atoms with E-state index < -0.39 is 9.84 Å². The van der Waals surface area contributed by atoms with Crippen LogP contribution >= 0.6 is 11.6 Å². The Hall–Kier alpha value is -0.620. The molecule has 20 heavy (non-hydrogen) atoms. The zero-order valence-electron chi connectivity index (χ0n) is 11.8. The SMILES string of the molecule is CC1CN(CCS(=O)(=O)c2ccc(Cl)cc2)CC(C)N1. The fourth-order valence-electron chi connectivity index (χ4n) is 2.63. The van der Waals surface area contributed by atoms with Gasteiger partial charge in [0.05, 0.1) is 10.6 Å². The van der Waals surface area contributed by atoms with Crippen molar-refractivity contribution >= 4 is 21.4 Å². The minimum atomic E-state index is -3.23. The van der Waals surface area contributed by atoms with Crippen LogP contribution < -0.4 is 5.32 Å². The van der Waals surface area contributed by atoms with Crippen LogP contribution in [0, 0.1) is 0 Å². The lowest BCUT2D eigenvalue weighted by Crippen LogP contribution is -2.54. The van der Waals surface area contributed by atoms with Crippen molar-refractivity contribution in [2.24, 2.45) is 0 Å². The van der Waals surface area contributed by atoms with Gasteiger partial charge in [-0.15, -0.1) is 0 Å². The van der Waals surface area contributed by atoms with Crippen molar-refractivity contribution in [3.8, 4) is 0 Å². The van der Waals surface area contributed by atoms with E-state index in [-0.39, 0.29) is 5.75 Å². The molecule has 0 aromatic heterocycles. The summed E-state index contributed by atoms with van der Waals surface area (Å²) in [7, 11) is -3.23. The molecule has 2 atom stereocenters. The van der Waals surface area contributed by atoms with E-state index in [0.717, 1.165) is 13.1 Å². The van der Waals surface area contributed by atoms with Crippen molar-refractivity contribution in [2.45, 2.75) is 30.8 Å². The quantitative estimate of drug-likeness (QED) is 0.920. The summed E-state index contributed by atoms with van der Waals surface area (Å²) in [5.41, 5.74) is 0. The van der Waals surface area contributed by atoms with Crippen molar-refractivity contribution in [3.63, 3.8) is 0 Å². The molecule has 1 aliphatic heterocycles. The van der Waals surface area contributed by atoms with Gasteiger partial charge >= 0.3 is 0 Å². The smallest absolute Gasteiger partial charge is 0.179 e. The Kier molecular flexibility index (Phi) is 5.07. The third-order valence-corrected chi connectivity index (χ3v) is 5.44. The maximum atomic E-state index is 12.3. The first-order chi connectivity index (χ1) is 9.37. The second-order valence-electron chi connectivity index (χ2n) is 5.50. The minimum absolute atomic E-state index is 0.147. The van der Waals surface area contributed by atoms with Crippen LogP contribution in [0.4, 0.5) is 0 Å². The zero-order valence-corrected chi connectivity index (χ0v) is 13.4. The van der Waals surface area contributed by atoms with E-state index in [9.17, 15) is 8.42 Å². The molecular weight excluding hydrogens is 296 g/mol. The molecule has 0 amide bonds. The summed E-state index contributed by atoms with van der Waals surface area (Å²) in [5, 5.41) is 3.99. The fraction of sp³-hybridized carbons (Fsp3) is 0.571. The standard InChI is InChI=1S/C14H21ClN2O2S/c1-11-9-17(10-12(2)16-11)7-8-20(18,19)14-5-3-13(15)4-6-14/h3-6,11-12,16H,7-10H2,1-2H3. The van der Waals surface area contributed by atoms with Gasteiger partial charge in [0.25, 0.3) is 0 Å². The number of hydrogen-bond acceptors (Lipinski definition) is 4. The van der Waals surface area contributed by atoms with Crippen molar-refractivity contribution in [3.05, 3.63) is 29.3 Å². The molecule has 2 unspecified atom stereocenters. The van der Waals surface area contributed by atoms with Crippen molar-refractivity contribution in [2.75, 3.05) is 25.4 Å². The predicted molar refractivity (Wildman–Crippen MR) is 82.0 cm³/mol. The average Bonchev–Trinajstić information content (AvgIpc) is 2.36. The number of hydrogen-bond donors (Lipinski definition) is 1. The van der Waals surface area contributed by atoms with E-state index >= 15 is 0 Å². The van der Waals surface area contributed by atoms with Crippen LogP contribution in [0.3, 0.4) is 0 Å². The Labute approximate surface area is 126 Å². The van der Waals surface area contributed by atoms with Crippen LogP contribution in [-0.2, 0) is 9.84 Å². The summed E-state index contributed by atoms with van der Waals surface area (Å²) >= 11 is 5.78. The molecule has 1 aromatic rings. The highest BCUT2D eigenvalue weighted by atomic mass is 35.5. The minimum Gasteiger partial charge on any atom is -0.309 e. The first-order valence-electron chi connectivity index (χ1n) is 6.83. The molecule has 1 aliphatic rings. The van der Waals surface area contributed by atoms with E-state index in [0.29, 0.717) is 28.5 Å². The lowest BCUT2D eigenvalue weighted by atomic mass is 10.1. The molecule has 4 nitrogen and oxygen atoms in total. The van der Waals surface area contributed by atoms with Crippen LogP contribution in [0.1, 0.15) is 13.8 Å². The molecule has 1 aromatic carbocycles. The summed E-state index contributed by atoms with van der Waals surface area (Å²) < 4.78 is 24.5. The van der Waals surface area contributed by atoms with Crippen LogP contribution in [0.2, 0.25) is 5.02 Å². The second-order valence-corrected chi connectivity index (χ2v) is 8.05. The largest absolute Gasteiger partial charge is 0.309 e. The second kappa shape index (κ2) is 6.43. The number of piperazine rings is 1. The van der Waals surface area contributed by atoms with Crippen LogP contribution in [0.5, 0.6) is 0 Å². The van der Waals surface area contributed by atoms with Crippen LogP contribution in [-0.4, -0.2) is 50.8 Å². The molecule has 2 rings (SSSR count). The highest BCUT2D eigenvalue weighted by Crippen LogP contribution is 2.16. The molecule has 0 spiro atoms. The van der Waals surface area contributed by atoms with E-state index in [1.54, 1.807) is 24.3 Å². The van der Waals surface area contributed by atoms with E-state index in [1.807, 2.05) is 0 Å². The van der Waals surface area contributed by atoms with Gasteiger partial charge < -0.3 is 5.32 Å². The molecule has 1 fully saturated rings. The topological polar surface area (TPSA) is 49.4 Å². The third-order valence-electron chi connectivity index (χ3n) is 3.48. The number of sulfone groups is 1. The summed E-state index contributed by atoms with van der Waals surface area (Å²) in [5.74, 6) is 0.147. The highest BCUT2D eigenvalue weighted by Gasteiger charge is 2.23. The monoisotopic (exact) mass is 316 g/mol. The Morgan fingerprint density at radius 1 is 1.20 bits per heavy atom. The summed E-state index contributed by atoms with van der Waals surface area (Å²) in [6.45, 7) is 6.59. The Bertz CT molecular complexity index is 535. The predicted octanol–water partition coefficient (Wildman–Crippen LogP) is 1.80. The lowest BCUT2D eigenvalue weighted by molar-refractivity contribution is 0.182. The molecule has 1 saturated heterocycles. The van der Waals surface area contributed by atoms with Crippen molar-refractivity contribution in [1.29, 1.82) is 0 Å². The molecule has 1 N–H and O–H groups in total. The molecule has 112 valence electrons. The number of halogens is 1. The summed E-state index contributed by atoms with van der Waals surface area (Å²) in [6, 6.07) is 7.17. The fourth-order valence-corrected chi connectivity index (χ4v) is 4.04. The molecule has 0 bridgehead atoms. The van der Waals surface area contributed by atoms with Gasteiger partial charge in [-0.1, -0.05) is 11.6 Å². The van der Waals surface area contributed by atoms with E-state index in [4.69, 9.17) is 11.6 Å². The highest BCUT2D eigenvalue weighted by molar-refractivity contribution is 7.91. The van der Waals surface area contributed by atoms with Crippen LogP contribution in [0.25, 0.3) is 0 Å². The molecule has 0 aliphatic carbocycles. The molecule has 0 radical (unpaired) electrons. The lowest BCUT2D eigenvalue weighted by Gasteiger charge is -2.36. The first kappa shape index (κ1) is 15.8. The molecule has 0 saturated carbocycles. The third kappa shape index (κ3) is 4.19. The van der Waals surface area contributed by atoms with Gasteiger partial charge in [-0.2, -0.15) is 0 Å². The van der Waals surface area contributed by atoms with Gasteiger partial charge in [0.15, 0.2) is 9.84 Å². The maximum absolute atomic E-state index is 12.3. The Morgan fingerprint density at radius 2 is 1.75 bits per heavy atom. The van der Waals surface area contributed by atoms with Gasteiger partial charge in [0.2, 0.25) is 0 Å². The average molecular weight is 317 g/mol. The van der Waals surface area contributed by atoms with E-state index in [1.165, 1.54) is 0 Å². The van der Waals surface area contributed by atoms with E-state index in [2.05, 4.69) is 24.1 Å². The molecular formula is C14H21ClN2O2S. The van der Waals surface area contributed by atoms with Crippen molar-refractivity contribution in [1.82, 2.24) is 10.2 Å². The van der Waals surface area contributed by atoms with Gasteiger partial charge in [0.1, 0.15) is 0 Å². The van der Waals surface area contributed by atoms with Gasteiger partial charge in [0, 0.05) is 36.7 Å². The number of nitrogens with one attached hydrogen (secondary N) is 1. The van der Waals surface area contributed by atoms with Crippen molar-refractivity contribution < 1.29 is 8.42 Å². The number of benzene rings is 1. The Morgan fingerprint density at radius 3 is 2.30 bits per heavy atom. The zero-order chi connectivity index (χ0) is 14.8. The summed E-state index contributed by atoms with van der Waals surface area (Å²) in [6.07, 6.45) is 0. The first-order valence-corrected chi connectivity index (χ1v) is 8.86.